The topological polar surface area (TPSA) is 70.4 Å². The molecule has 198 valence electrons. The Morgan fingerprint density at radius 1 is 1.08 bits per heavy atom. The number of piperazine rings is 1. The lowest BCUT2D eigenvalue weighted by Crippen LogP contribution is -2.47. The highest BCUT2D eigenvalue weighted by atomic mass is 32.2. The summed E-state index contributed by atoms with van der Waals surface area (Å²) in [6, 6.07) is 11.8. The summed E-state index contributed by atoms with van der Waals surface area (Å²) in [7, 11) is 1.66. The molecule has 0 bridgehead atoms. The first kappa shape index (κ1) is 26.2. The number of carbonyl (C=O) groups excluding carboxylic acids is 1. The molecule has 2 fully saturated rings. The summed E-state index contributed by atoms with van der Waals surface area (Å²) in [5.41, 5.74) is 2.88. The van der Waals surface area contributed by atoms with Crippen LogP contribution in [-0.4, -0.2) is 64.3 Å². The van der Waals surface area contributed by atoms with Crippen LogP contribution in [0.15, 0.2) is 52.3 Å². The summed E-state index contributed by atoms with van der Waals surface area (Å²) < 4.78 is 7.37. The van der Waals surface area contributed by atoms with Gasteiger partial charge < -0.3 is 14.5 Å². The first-order chi connectivity index (χ1) is 18.3. The third-order valence-corrected chi connectivity index (χ3v) is 8.16. The number of pyridine rings is 1. The van der Waals surface area contributed by atoms with Gasteiger partial charge in [-0.3, -0.25) is 18.9 Å². The van der Waals surface area contributed by atoms with Crippen molar-refractivity contribution in [3.63, 3.8) is 0 Å². The van der Waals surface area contributed by atoms with Crippen molar-refractivity contribution < 1.29 is 9.53 Å². The molecule has 2 saturated heterocycles. The lowest BCUT2D eigenvalue weighted by atomic mass is 10.2. The molecule has 0 N–H and O–H groups in total. The van der Waals surface area contributed by atoms with E-state index in [9.17, 15) is 9.59 Å². The van der Waals surface area contributed by atoms with E-state index in [1.54, 1.807) is 28.7 Å². The zero-order valence-corrected chi connectivity index (χ0v) is 23.6. The van der Waals surface area contributed by atoms with Gasteiger partial charge in [-0.05, 0) is 54.8 Å². The van der Waals surface area contributed by atoms with Gasteiger partial charge in [-0.1, -0.05) is 43.9 Å². The number of methoxy groups -OCH3 is 1. The predicted octanol–water partition coefficient (Wildman–Crippen LogP) is 4.20. The lowest BCUT2D eigenvalue weighted by molar-refractivity contribution is -0.122. The smallest absolute Gasteiger partial charge is 0.267 e. The number of fused-ring (bicyclic) bond motifs is 1. The maximum absolute atomic E-state index is 13.8. The SMILES string of the molecule is COc1ccc(N2CCN(c3nc4c(C)cccn4c(=O)c3/C=C3\SC(=S)N(CC(C)C)C3=O)CC2)cc1. The van der Waals surface area contributed by atoms with Crippen LogP contribution < -0.4 is 20.1 Å². The van der Waals surface area contributed by atoms with Crippen molar-refractivity contribution in [2.45, 2.75) is 20.8 Å². The molecule has 3 aromatic rings. The van der Waals surface area contributed by atoms with Gasteiger partial charge in [0.05, 0.1) is 17.6 Å². The molecule has 8 nitrogen and oxygen atoms in total. The fourth-order valence-corrected chi connectivity index (χ4v) is 6.05. The predicted molar refractivity (Wildman–Crippen MR) is 158 cm³/mol. The van der Waals surface area contributed by atoms with Crippen molar-refractivity contribution in [2.24, 2.45) is 5.92 Å². The number of hydrogen-bond donors (Lipinski definition) is 0. The van der Waals surface area contributed by atoms with E-state index in [0.29, 0.717) is 45.9 Å². The van der Waals surface area contributed by atoms with Gasteiger partial charge in [-0.15, -0.1) is 0 Å². The summed E-state index contributed by atoms with van der Waals surface area (Å²) in [6.07, 6.45) is 3.42. The minimum Gasteiger partial charge on any atom is -0.497 e. The number of anilines is 2. The minimum absolute atomic E-state index is 0.155. The third kappa shape index (κ3) is 5.02. The van der Waals surface area contributed by atoms with Crippen molar-refractivity contribution in [1.29, 1.82) is 0 Å². The van der Waals surface area contributed by atoms with Crippen LogP contribution in [-0.2, 0) is 4.79 Å². The van der Waals surface area contributed by atoms with Gasteiger partial charge in [0.15, 0.2) is 0 Å². The maximum atomic E-state index is 13.8. The zero-order chi connectivity index (χ0) is 27.0. The van der Waals surface area contributed by atoms with Gasteiger partial charge in [0.25, 0.3) is 11.5 Å². The molecule has 1 aromatic carbocycles. The van der Waals surface area contributed by atoms with Crippen LogP contribution in [0.1, 0.15) is 25.0 Å². The molecule has 4 heterocycles. The summed E-state index contributed by atoms with van der Waals surface area (Å²) >= 11 is 6.74. The Morgan fingerprint density at radius 2 is 1.76 bits per heavy atom. The standard InChI is InChI=1S/C28H31N5O3S2/c1-18(2)17-33-27(35)23(38-28(33)37)16-22-25(29-24-19(3)6-5-11-32(24)26(22)34)31-14-12-30(13-15-31)20-7-9-21(36-4)10-8-20/h5-11,16,18H,12-15,17H2,1-4H3/b23-16-. The summed E-state index contributed by atoms with van der Waals surface area (Å²) in [5, 5.41) is 0. The third-order valence-electron chi connectivity index (χ3n) is 6.78. The molecule has 0 atom stereocenters. The van der Waals surface area contributed by atoms with Crippen LogP contribution in [0.4, 0.5) is 11.5 Å². The number of thiocarbonyl (C=S) groups is 1. The molecule has 0 radical (unpaired) electrons. The molecule has 1 amide bonds. The van der Waals surface area contributed by atoms with Gasteiger partial charge in [0.2, 0.25) is 0 Å². The van der Waals surface area contributed by atoms with Crippen LogP contribution in [0, 0.1) is 12.8 Å². The van der Waals surface area contributed by atoms with Crippen molar-refractivity contribution in [3.05, 3.63) is 69.0 Å². The molecule has 0 aliphatic carbocycles. The number of ether oxygens (including phenoxy) is 1. The van der Waals surface area contributed by atoms with Crippen LogP contribution >= 0.6 is 24.0 Å². The fourth-order valence-electron chi connectivity index (χ4n) is 4.79. The monoisotopic (exact) mass is 549 g/mol. The van der Waals surface area contributed by atoms with Gasteiger partial charge in [-0.25, -0.2) is 4.98 Å². The van der Waals surface area contributed by atoms with E-state index in [2.05, 4.69) is 21.9 Å². The van der Waals surface area contributed by atoms with E-state index < -0.39 is 0 Å². The molecule has 2 aliphatic rings. The quantitative estimate of drug-likeness (QED) is 0.335. The Morgan fingerprint density at radius 3 is 2.42 bits per heavy atom. The fraction of sp³-hybridized carbons (Fsp3) is 0.357. The van der Waals surface area contributed by atoms with E-state index in [1.165, 1.54) is 11.8 Å². The van der Waals surface area contributed by atoms with E-state index in [0.717, 1.165) is 30.1 Å². The van der Waals surface area contributed by atoms with Crippen molar-refractivity contribution in [2.75, 3.05) is 49.6 Å². The van der Waals surface area contributed by atoms with E-state index in [4.69, 9.17) is 21.9 Å². The van der Waals surface area contributed by atoms with Crippen molar-refractivity contribution in [1.82, 2.24) is 14.3 Å². The Bertz CT molecular complexity index is 1470. The highest BCUT2D eigenvalue weighted by molar-refractivity contribution is 8.26. The van der Waals surface area contributed by atoms with E-state index in [1.807, 2.05) is 45.0 Å². The molecule has 2 aromatic heterocycles. The average molecular weight is 550 g/mol. The Kier molecular flexibility index (Phi) is 7.45. The summed E-state index contributed by atoms with van der Waals surface area (Å²) in [5.74, 6) is 1.56. The number of thioether (sulfide) groups is 1. The highest BCUT2D eigenvalue weighted by Gasteiger charge is 2.33. The van der Waals surface area contributed by atoms with Crippen molar-refractivity contribution in [3.8, 4) is 5.75 Å². The maximum Gasteiger partial charge on any atom is 0.267 e. The molecule has 5 rings (SSSR count). The van der Waals surface area contributed by atoms with Crippen LogP contribution in [0.3, 0.4) is 0 Å². The van der Waals surface area contributed by atoms with Crippen LogP contribution in [0.5, 0.6) is 5.75 Å². The number of aromatic nitrogens is 2. The summed E-state index contributed by atoms with van der Waals surface area (Å²) in [4.78, 5) is 38.5. The Hall–Kier alpha value is -3.37. The molecule has 2 aliphatic heterocycles. The number of amides is 1. The Balaban J connectivity index is 1.51. The van der Waals surface area contributed by atoms with E-state index >= 15 is 0 Å². The highest BCUT2D eigenvalue weighted by Crippen LogP contribution is 2.34. The lowest BCUT2D eigenvalue weighted by Gasteiger charge is -2.37. The number of carbonyl (C=O) groups is 1. The number of benzene rings is 1. The van der Waals surface area contributed by atoms with Gasteiger partial charge in [-0.2, -0.15) is 0 Å². The van der Waals surface area contributed by atoms with Gasteiger partial charge in [0.1, 0.15) is 21.5 Å². The second-order valence-corrected chi connectivity index (χ2v) is 11.6. The number of nitrogens with zero attached hydrogens (tertiary/aromatic N) is 5. The normalized spacial score (nSPS) is 17.4. The van der Waals surface area contributed by atoms with Crippen LogP contribution in [0.2, 0.25) is 0 Å². The van der Waals surface area contributed by atoms with Crippen molar-refractivity contribution >= 4 is 57.4 Å². The molecule has 0 spiro atoms. The molecular formula is C28H31N5O3S2. The largest absolute Gasteiger partial charge is 0.497 e. The van der Waals surface area contributed by atoms with Crippen LogP contribution in [0.25, 0.3) is 11.7 Å². The molecule has 0 unspecified atom stereocenters. The molecular weight excluding hydrogens is 518 g/mol. The first-order valence-electron chi connectivity index (χ1n) is 12.7. The number of aryl methyl sites for hydroxylation is 1. The molecule has 38 heavy (non-hydrogen) atoms. The first-order valence-corrected chi connectivity index (χ1v) is 13.9. The van der Waals surface area contributed by atoms with E-state index in [-0.39, 0.29) is 17.4 Å². The Labute approximate surface area is 231 Å². The molecule has 0 saturated carbocycles. The minimum atomic E-state index is -0.194. The summed E-state index contributed by atoms with van der Waals surface area (Å²) in [6.45, 7) is 9.53. The molecule has 10 heteroatoms. The number of rotatable bonds is 6. The van der Waals surface area contributed by atoms with Gasteiger partial charge >= 0.3 is 0 Å². The average Bonchev–Trinajstić information content (AvgIpc) is 3.17. The zero-order valence-electron chi connectivity index (χ0n) is 22.0. The second-order valence-electron chi connectivity index (χ2n) is 9.90. The second kappa shape index (κ2) is 10.8. The number of hydrogen-bond acceptors (Lipinski definition) is 8. The van der Waals surface area contributed by atoms with Gasteiger partial charge in [0, 0.05) is 44.6 Å².